The largest absolute Gasteiger partial charge is 0.492 e. The summed E-state index contributed by atoms with van der Waals surface area (Å²) in [7, 11) is 0. The number of hydrogen-bond donors (Lipinski definition) is 0. The maximum atomic E-state index is 8.61. The van der Waals surface area contributed by atoms with E-state index in [1.807, 2.05) is 31.2 Å². The van der Waals surface area contributed by atoms with Crippen LogP contribution in [0.25, 0.3) is 0 Å². The Balaban J connectivity index is 2.26. The number of rotatable bonds is 10. The van der Waals surface area contributed by atoms with Crippen LogP contribution in [0.1, 0.15) is 19.4 Å². The van der Waals surface area contributed by atoms with Crippen molar-refractivity contribution >= 4 is 0 Å². The quantitative estimate of drug-likeness (QED) is 0.616. The minimum Gasteiger partial charge on any atom is -0.492 e. The summed E-state index contributed by atoms with van der Waals surface area (Å²) in [6.45, 7) is 9.18. The minimum absolute atomic E-state index is 0.446. The van der Waals surface area contributed by atoms with E-state index in [1.165, 1.54) is 0 Å². The summed E-state index contributed by atoms with van der Waals surface area (Å²) in [5.74, 6) is 0.854. The first kappa shape index (κ1) is 16.5. The van der Waals surface area contributed by atoms with Gasteiger partial charge in [-0.2, -0.15) is 5.26 Å². The van der Waals surface area contributed by atoms with E-state index in [4.69, 9.17) is 14.7 Å². The summed E-state index contributed by atoms with van der Waals surface area (Å²) < 4.78 is 11.1. The van der Waals surface area contributed by atoms with Gasteiger partial charge in [0.25, 0.3) is 0 Å². The smallest absolute Gasteiger partial charge is 0.119 e. The second-order valence-electron chi connectivity index (χ2n) is 4.46. The highest BCUT2D eigenvalue weighted by atomic mass is 16.5. The second-order valence-corrected chi connectivity index (χ2v) is 4.46. The van der Waals surface area contributed by atoms with Gasteiger partial charge in [-0.3, -0.25) is 4.90 Å². The van der Waals surface area contributed by atoms with Crippen molar-refractivity contribution in [2.75, 3.05) is 39.5 Å². The van der Waals surface area contributed by atoms with Crippen LogP contribution in [0.2, 0.25) is 0 Å². The van der Waals surface area contributed by atoms with E-state index >= 15 is 0 Å². The predicted octanol–water partition coefficient (Wildman–Crippen LogP) is 2.49. The number of ether oxygens (including phenoxy) is 2. The maximum absolute atomic E-state index is 8.61. The Morgan fingerprint density at radius 1 is 1.10 bits per heavy atom. The van der Waals surface area contributed by atoms with Gasteiger partial charge in [-0.05, 0) is 31.2 Å². The molecule has 0 aromatic heterocycles. The lowest BCUT2D eigenvalue weighted by molar-refractivity contribution is 0.108. The molecule has 0 N–H and O–H groups in total. The summed E-state index contributed by atoms with van der Waals surface area (Å²) >= 11 is 0. The molecule has 1 aromatic carbocycles. The average molecular weight is 276 g/mol. The van der Waals surface area contributed by atoms with Gasteiger partial charge in [-0.15, -0.1) is 0 Å². The third-order valence-electron chi connectivity index (χ3n) is 3.09. The van der Waals surface area contributed by atoms with Crippen molar-refractivity contribution in [3.8, 4) is 11.8 Å². The molecule has 0 saturated heterocycles. The molecule has 0 heterocycles. The van der Waals surface area contributed by atoms with Crippen molar-refractivity contribution in [1.29, 1.82) is 5.26 Å². The number of likely N-dealkylation sites (N-methyl/N-ethyl adjacent to an activating group) is 1. The normalized spacial score (nSPS) is 10.5. The van der Waals surface area contributed by atoms with Gasteiger partial charge < -0.3 is 9.47 Å². The molecule has 110 valence electrons. The molecular formula is C16H24N2O2. The molecule has 0 spiro atoms. The Hall–Kier alpha value is -1.57. The van der Waals surface area contributed by atoms with Crippen molar-refractivity contribution < 1.29 is 9.47 Å². The lowest BCUT2D eigenvalue weighted by Crippen LogP contribution is -2.31. The first-order valence-corrected chi connectivity index (χ1v) is 7.19. The number of benzene rings is 1. The van der Waals surface area contributed by atoms with Crippen LogP contribution in [0.3, 0.4) is 0 Å². The van der Waals surface area contributed by atoms with Crippen LogP contribution in [0.5, 0.6) is 5.75 Å². The van der Waals surface area contributed by atoms with Crippen LogP contribution in [0.4, 0.5) is 0 Å². The van der Waals surface area contributed by atoms with Crippen molar-refractivity contribution in [3.63, 3.8) is 0 Å². The second kappa shape index (κ2) is 10.2. The van der Waals surface area contributed by atoms with Gasteiger partial charge >= 0.3 is 0 Å². The topological polar surface area (TPSA) is 45.5 Å². The fraction of sp³-hybridized carbons (Fsp3) is 0.562. The highest BCUT2D eigenvalue weighted by molar-refractivity contribution is 5.28. The average Bonchev–Trinajstić information content (AvgIpc) is 2.48. The Kier molecular flexibility index (Phi) is 8.44. The lowest BCUT2D eigenvalue weighted by Gasteiger charge is -2.20. The molecule has 0 fully saturated rings. The van der Waals surface area contributed by atoms with Crippen molar-refractivity contribution in [2.45, 2.75) is 20.3 Å². The molecule has 4 heteroatoms. The Bertz CT molecular complexity index is 398. The number of hydrogen-bond acceptors (Lipinski definition) is 4. The third-order valence-corrected chi connectivity index (χ3v) is 3.09. The predicted molar refractivity (Wildman–Crippen MR) is 79.9 cm³/mol. The van der Waals surface area contributed by atoms with Gasteiger partial charge in [-0.1, -0.05) is 19.1 Å². The molecule has 0 aliphatic heterocycles. The molecule has 0 aliphatic rings. The van der Waals surface area contributed by atoms with E-state index in [1.54, 1.807) is 0 Å². The van der Waals surface area contributed by atoms with Crippen LogP contribution in [-0.4, -0.2) is 44.4 Å². The monoisotopic (exact) mass is 276 g/mol. The molecule has 0 bridgehead atoms. The van der Waals surface area contributed by atoms with Crippen LogP contribution in [0.15, 0.2) is 24.3 Å². The summed E-state index contributed by atoms with van der Waals surface area (Å²) in [5, 5.41) is 8.61. The first-order valence-electron chi connectivity index (χ1n) is 7.19. The van der Waals surface area contributed by atoms with E-state index in [0.717, 1.165) is 44.2 Å². The van der Waals surface area contributed by atoms with E-state index < -0.39 is 0 Å². The summed E-state index contributed by atoms with van der Waals surface area (Å²) in [4.78, 5) is 2.31. The zero-order valence-corrected chi connectivity index (χ0v) is 12.5. The van der Waals surface area contributed by atoms with Crippen LogP contribution >= 0.6 is 0 Å². The fourth-order valence-corrected chi connectivity index (χ4v) is 1.85. The molecule has 0 saturated carbocycles. The highest BCUT2D eigenvalue weighted by Crippen LogP contribution is 2.12. The molecule has 0 radical (unpaired) electrons. The van der Waals surface area contributed by atoms with Crippen LogP contribution < -0.4 is 4.74 Å². The lowest BCUT2D eigenvalue weighted by atomic mass is 10.2. The van der Waals surface area contributed by atoms with E-state index in [9.17, 15) is 0 Å². The fourth-order valence-electron chi connectivity index (χ4n) is 1.85. The molecule has 0 aliphatic carbocycles. The Labute approximate surface area is 121 Å². The van der Waals surface area contributed by atoms with Crippen LogP contribution in [-0.2, 0) is 11.2 Å². The van der Waals surface area contributed by atoms with Gasteiger partial charge in [0.15, 0.2) is 0 Å². The van der Waals surface area contributed by atoms with E-state index in [-0.39, 0.29) is 0 Å². The SMILES string of the molecule is CCOCCN(CC)CCOc1ccc(CC#N)cc1. The van der Waals surface area contributed by atoms with Gasteiger partial charge in [0.2, 0.25) is 0 Å². The minimum atomic E-state index is 0.446. The van der Waals surface area contributed by atoms with Gasteiger partial charge in [-0.25, -0.2) is 0 Å². The van der Waals surface area contributed by atoms with Gasteiger partial charge in [0, 0.05) is 19.7 Å². The number of nitrogens with zero attached hydrogens (tertiary/aromatic N) is 2. The Morgan fingerprint density at radius 3 is 2.40 bits per heavy atom. The molecule has 1 aromatic rings. The van der Waals surface area contributed by atoms with E-state index in [0.29, 0.717) is 13.0 Å². The third kappa shape index (κ3) is 6.55. The van der Waals surface area contributed by atoms with Gasteiger partial charge in [0.05, 0.1) is 19.1 Å². The van der Waals surface area contributed by atoms with Crippen molar-refractivity contribution in [1.82, 2.24) is 4.90 Å². The van der Waals surface area contributed by atoms with Crippen molar-refractivity contribution in [3.05, 3.63) is 29.8 Å². The highest BCUT2D eigenvalue weighted by Gasteiger charge is 2.02. The number of nitriles is 1. The van der Waals surface area contributed by atoms with Crippen LogP contribution in [0, 0.1) is 11.3 Å². The first-order chi connectivity index (χ1) is 9.80. The summed E-state index contributed by atoms with van der Waals surface area (Å²) in [5.41, 5.74) is 1.02. The molecule has 0 unspecified atom stereocenters. The summed E-state index contributed by atoms with van der Waals surface area (Å²) in [6, 6.07) is 9.85. The Morgan fingerprint density at radius 2 is 1.80 bits per heavy atom. The van der Waals surface area contributed by atoms with Gasteiger partial charge in [0.1, 0.15) is 12.4 Å². The maximum Gasteiger partial charge on any atom is 0.119 e. The zero-order chi connectivity index (χ0) is 14.6. The standard InChI is InChI=1S/C16H24N2O2/c1-3-18(11-13-19-4-2)12-14-20-16-7-5-15(6-8-16)9-10-17/h5-8H,3-4,9,11-14H2,1-2H3. The summed E-state index contributed by atoms with van der Waals surface area (Å²) in [6.07, 6.45) is 0.446. The molecular weight excluding hydrogens is 252 g/mol. The molecule has 1 rings (SSSR count). The molecule has 4 nitrogen and oxygen atoms in total. The molecule has 20 heavy (non-hydrogen) atoms. The van der Waals surface area contributed by atoms with Crippen molar-refractivity contribution in [2.24, 2.45) is 0 Å². The molecule has 0 amide bonds. The zero-order valence-electron chi connectivity index (χ0n) is 12.5. The van der Waals surface area contributed by atoms with E-state index in [2.05, 4.69) is 17.9 Å². The molecule has 0 atom stereocenters.